The monoisotopic (exact) mass is 360 g/mol. The Morgan fingerprint density at radius 3 is 2.92 bits per heavy atom. The van der Waals surface area contributed by atoms with Crippen LogP contribution in [0.4, 0.5) is 0 Å². The van der Waals surface area contributed by atoms with Gasteiger partial charge in [0.1, 0.15) is 12.7 Å². The summed E-state index contributed by atoms with van der Waals surface area (Å²) in [5.41, 5.74) is 0. The van der Waals surface area contributed by atoms with Crippen LogP contribution in [0.2, 0.25) is 0 Å². The molecular formula is C18H24N4O2S. The van der Waals surface area contributed by atoms with E-state index >= 15 is 0 Å². The summed E-state index contributed by atoms with van der Waals surface area (Å²) in [6, 6.07) is 7.73. The van der Waals surface area contributed by atoms with Gasteiger partial charge < -0.3 is 20.1 Å². The lowest BCUT2D eigenvalue weighted by molar-refractivity contribution is 0.0936. The van der Waals surface area contributed by atoms with Gasteiger partial charge in [0, 0.05) is 31.1 Å². The molecule has 1 unspecified atom stereocenters. The number of fused-ring (bicyclic) bond motifs is 1. The van der Waals surface area contributed by atoms with Gasteiger partial charge in [0.15, 0.2) is 17.5 Å². The number of rotatable bonds is 6. The van der Waals surface area contributed by atoms with E-state index in [1.54, 1.807) is 18.4 Å². The molecule has 134 valence electrons. The Morgan fingerprint density at radius 2 is 2.16 bits per heavy atom. The van der Waals surface area contributed by atoms with Crippen LogP contribution < -0.4 is 20.1 Å². The lowest BCUT2D eigenvalue weighted by Gasteiger charge is -2.27. The van der Waals surface area contributed by atoms with Crippen LogP contribution in [0, 0.1) is 0 Å². The number of ether oxygens (including phenoxy) is 2. The maximum atomic E-state index is 5.94. The third kappa shape index (κ3) is 4.85. The third-order valence-corrected chi connectivity index (χ3v) is 5.07. The van der Waals surface area contributed by atoms with Crippen LogP contribution in [-0.2, 0) is 12.8 Å². The highest BCUT2D eigenvalue weighted by Crippen LogP contribution is 2.30. The summed E-state index contributed by atoms with van der Waals surface area (Å²) < 4.78 is 11.7. The summed E-state index contributed by atoms with van der Waals surface area (Å²) in [5.74, 6) is 2.35. The molecule has 1 aliphatic heterocycles. The minimum Gasteiger partial charge on any atom is -0.486 e. The molecule has 0 spiro atoms. The second kappa shape index (κ2) is 8.71. The number of guanidine groups is 1. The van der Waals surface area contributed by atoms with Crippen molar-refractivity contribution in [1.82, 2.24) is 15.6 Å². The fraction of sp³-hybridized carbons (Fsp3) is 0.444. The molecule has 6 nitrogen and oxygen atoms in total. The van der Waals surface area contributed by atoms with Crippen molar-refractivity contribution in [3.8, 4) is 11.5 Å². The number of nitrogens with one attached hydrogen (secondary N) is 2. The van der Waals surface area contributed by atoms with Crippen molar-refractivity contribution >= 4 is 17.3 Å². The molecule has 0 aliphatic carbocycles. The number of nitrogens with zero attached hydrogens (tertiary/aromatic N) is 2. The Morgan fingerprint density at radius 1 is 1.32 bits per heavy atom. The van der Waals surface area contributed by atoms with Crippen molar-refractivity contribution in [2.75, 3.05) is 26.7 Å². The molecule has 7 heteroatoms. The van der Waals surface area contributed by atoms with Crippen molar-refractivity contribution in [2.45, 2.75) is 25.9 Å². The van der Waals surface area contributed by atoms with E-state index in [9.17, 15) is 0 Å². The first kappa shape index (κ1) is 17.5. The van der Waals surface area contributed by atoms with Gasteiger partial charge in [-0.1, -0.05) is 19.1 Å². The number of para-hydroxylation sites is 2. The van der Waals surface area contributed by atoms with Crippen molar-refractivity contribution in [3.05, 3.63) is 40.3 Å². The van der Waals surface area contributed by atoms with Crippen LogP contribution in [0.1, 0.15) is 16.8 Å². The van der Waals surface area contributed by atoms with Crippen molar-refractivity contribution < 1.29 is 9.47 Å². The molecule has 3 rings (SSSR count). The average molecular weight is 360 g/mol. The molecule has 2 heterocycles. The highest BCUT2D eigenvalue weighted by atomic mass is 32.1. The SMILES string of the molecule is CCc1cnc(CCNC(=NC)NCC2COc3ccccc3O2)s1. The normalized spacial score (nSPS) is 16.6. The lowest BCUT2D eigenvalue weighted by Crippen LogP contribution is -2.45. The molecule has 0 amide bonds. The van der Waals surface area contributed by atoms with Crippen LogP contribution in [0.25, 0.3) is 0 Å². The maximum absolute atomic E-state index is 5.94. The molecule has 0 bridgehead atoms. The molecule has 25 heavy (non-hydrogen) atoms. The predicted octanol–water partition coefficient (Wildman–Crippen LogP) is 2.25. The van der Waals surface area contributed by atoms with E-state index in [-0.39, 0.29) is 6.10 Å². The summed E-state index contributed by atoms with van der Waals surface area (Å²) in [5, 5.41) is 7.76. The Hall–Kier alpha value is -2.28. The van der Waals surface area contributed by atoms with Crippen molar-refractivity contribution in [3.63, 3.8) is 0 Å². The van der Waals surface area contributed by atoms with Crippen molar-refractivity contribution in [1.29, 1.82) is 0 Å². The first-order valence-corrected chi connectivity index (χ1v) is 9.36. The summed E-state index contributed by atoms with van der Waals surface area (Å²) in [4.78, 5) is 10.0. The van der Waals surface area contributed by atoms with Crippen LogP contribution >= 0.6 is 11.3 Å². The Labute approximate surface area is 152 Å². The molecule has 1 aliphatic rings. The largest absolute Gasteiger partial charge is 0.486 e. The van der Waals surface area contributed by atoms with E-state index in [0.29, 0.717) is 13.2 Å². The fourth-order valence-electron chi connectivity index (χ4n) is 2.51. The van der Waals surface area contributed by atoms with Crippen LogP contribution in [-0.4, -0.2) is 43.8 Å². The second-order valence-corrected chi connectivity index (χ2v) is 6.90. The number of aromatic nitrogens is 1. The van der Waals surface area contributed by atoms with Gasteiger partial charge in [0.05, 0.1) is 11.6 Å². The molecule has 0 saturated carbocycles. The molecule has 2 N–H and O–H groups in total. The fourth-order valence-corrected chi connectivity index (χ4v) is 3.37. The standard InChI is InChI=1S/C18H24N4O2S/c1-3-14-11-21-17(25-14)8-9-20-18(19-2)22-10-13-12-23-15-6-4-5-7-16(15)24-13/h4-7,11,13H,3,8-10,12H2,1-2H3,(H2,19,20,22). The smallest absolute Gasteiger partial charge is 0.191 e. The van der Waals surface area contributed by atoms with E-state index in [1.165, 1.54) is 4.88 Å². The Kier molecular flexibility index (Phi) is 6.11. The first-order chi connectivity index (χ1) is 12.3. The number of aryl methyl sites for hydroxylation is 1. The van der Waals surface area contributed by atoms with Crippen molar-refractivity contribution in [2.24, 2.45) is 4.99 Å². The van der Waals surface area contributed by atoms with Gasteiger partial charge in [-0.2, -0.15) is 0 Å². The molecule has 1 atom stereocenters. The zero-order valence-electron chi connectivity index (χ0n) is 14.6. The quantitative estimate of drug-likeness (QED) is 0.611. The van der Waals surface area contributed by atoms with E-state index in [2.05, 4.69) is 27.5 Å². The first-order valence-electron chi connectivity index (χ1n) is 8.55. The molecule has 0 fully saturated rings. The maximum Gasteiger partial charge on any atom is 0.191 e. The van der Waals surface area contributed by atoms with Crippen LogP contribution in [0.15, 0.2) is 35.5 Å². The zero-order valence-corrected chi connectivity index (χ0v) is 15.4. The molecule has 0 radical (unpaired) electrons. The summed E-state index contributed by atoms with van der Waals surface area (Å²) in [6.07, 6.45) is 3.85. The molecular weight excluding hydrogens is 336 g/mol. The number of hydrogen-bond acceptors (Lipinski definition) is 5. The number of thiazole rings is 1. The van der Waals surface area contributed by atoms with E-state index in [4.69, 9.17) is 9.47 Å². The molecule has 0 saturated heterocycles. The van der Waals surface area contributed by atoms with Crippen LogP contribution in [0.3, 0.4) is 0 Å². The summed E-state index contributed by atoms with van der Waals surface area (Å²) >= 11 is 1.77. The molecule has 2 aromatic rings. The Bertz CT molecular complexity index is 717. The highest BCUT2D eigenvalue weighted by Gasteiger charge is 2.20. The summed E-state index contributed by atoms with van der Waals surface area (Å²) in [6.45, 7) is 4.10. The highest BCUT2D eigenvalue weighted by molar-refractivity contribution is 7.11. The average Bonchev–Trinajstić information content (AvgIpc) is 3.12. The van der Waals surface area contributed by atoms with Gasteiger partial charge in [0.2, 0.25) is 0 Å². The Balaban J connectivity index is 1.41. The van der Waals surface area contributed by atoms with Crippen LogP contribution in [0.5, 0.6) is 11.5 Å². The number of hydrogen-bond donors (Lipinski definition) is 2. The minimum atomic E-state index is -0.0421. The zero-order chi connectivity index (χ0) is 17.5. The van der Waals surface area contributed by atoms with Gasteiger partial charge in [0.25, 0.3) is 0 Å². The topological polar surface area (TPSA) is 67.8 Å². The van der Waals surface area contributed by atoms with E-state index in [0.717, 1.165) is 41.9 Å². The third-order valence-electron chi connectivity index (χ3n) is 3.87. The summed E-state index contributed by atoms with van der Waals surface area (Å²) in [7, 11) is 1.77. The molecule has 1 aromatic carbocycles. The van der Waals surface area contributed by atoms with Gasteiger partial charge >= 0.3 is 0 Å². The van der Waals surface area contributed by atoms with Gasteiger partial charge in [-0.05, 0) is 18.6 Å². The number of benzene rings is 1. The van der Waals surface area contributed by atoms with Gasteiger partial charge in [-0.25, -0.2) is 4.98 Å². The molecule has 1 aromatic heterocycles. The van der Waals surface area contributed by atoms with Gasteiger partial charge in [-0.3, -0.25) is 4.99 Å². The predicted molar refractivity (Wildman–Crippen MR) is 101 cm³/mol. The number of aliphatic imine (C=N–C) groups is 1. The minimum absolute atomic E-state index is 0.0421. The van der Waals surface area contributed by atoms with E-state index in [1.807, 2.05) is 30.5 Å². The van der Waals surface area contributed by atoms with Gasteiger partial charge in [-0.15, -0.1) is 11.3 Å². The second-order valence-electron chi connectivity index (χ2n) is 5.70. The lowest BCUT2D eigenvalue weighted by atomic mass is 10.2. The van der Waals surface area contributed by atoms with E-state index < -0.39 is 0 Å².